The molecule has 2 aromatic heterocycles. The quantitative estimate of drug-likeness (QED) is 0.449. The molecule has 0 aliphatic carbocycles. The van der Waals surface area contributed by atoms with Gasteiger partial charge in [-0.25, -0.2) is 4.98 Å². The molecule has 4 rings (SSSR count). The van der Waals surface area contributed by atoms with E-state index in [1.54, 1.807) is 22.6 Å². The second-order valence-electron chi connectivity index (χ2n) is 6.89. The van der Waals surface area contributed by atoms with Crippen LogP contribution in [-0.2, 0) is 0 Å². The van der Waals surface area contributed by atoms with Gasteiger partial charge < -0.3 is 19.9 Å². The fourth-order valence-electron chi connectivity index (χ4n) is 3.23. The van der Waals surface area contributed by atoms with Crippen molar-refractivity contribution < 1.29 is 27.8 Å². The first-order valence-corrected chi connectivity index (χ1v) is 9.43. The number of nitrogens with zero attached hydrogens (tertiary/aromatic N) is 4. The Morgan fingerprint density at radius 2 is 1.94 bits per heavy atom. The van der Waals surface area contributed by atoms with Crippen molar-refractivity contribution in [3.8, 4) is 28.5 Å². The Bertz CT molecular complexity index is 1260. The van der Waals surface area contributed by atoms with Gasteiger partial charge in [-0.2, -0.15) is 0 Å². The first kappa shape index (κ1) is 21.2. The average Bonchev–Trinajstić information content (AvgIpc) is 3.23. The first-order valence-electron chi connectivity index (χ1n) is 9.43. The number of fused-ring (bicyclic) bond motifs is 1. The number of anilines is 1. The van der Waals surface area contributed by atoms with E-state index in [1.807, 2.05) is 13.0 Å². The van der Waals surface area contributed by atoms with Gasteiger partial charge in [-0.15, -0.1) is 23.4 Å². The lowest BCUT2D eigenvalue weighted by atomic mass is 10.1. The average molecular weight is 445 g/mol. The summed E-state index contributed by atoms with van der Waals surface area (Å²) in [4.78, 5) is 4.10. The molecule has 32 heavy (non-hydrogen) atoms. The molecule has 0 saturated heterocycles. The molecule has 11 heteroatoms. The lowest BCUT2D eigenvalue weighted by molar-refractivity contribution is -0.274. The van der Waals surface area contributed by atoms with Gasteiger partial charge in [0.05, 0.1) is 24.9 Å². The van der Waals surface area contributed by atoms with Gasteiger partial charge in [-0.3, -0.25) is 4.40 Å². The second kappa shape index (κ2) is 8.25. The van der Waals surface area contributed by atoms with E-state index >= 15 is 0 Å². The smallest absolute Gasteiger partial charge is 0.508 e. The van der Waals surface area contributed by atoms with Gasteiger partial charge in [-0.05, 0) is 36.8 Å². The number of phenolic OH excluding ortho intramolecular Hbond substituents is 1. The van der Waals surface area contributed by atoms with E-state index in [2.05, 4.69) is 25.2 Å². The van der Waals surface area contributed by atoms with Crippen molar-refractivity contribution in [1.29, 1.82) is 0 Å². The highest BCUT2D eigenvalue weighted by Crippen LogP contribution is 2.37. The van der Waals surface area contributed by atoms with Crippen molar-refractivity contribution in [2.75, 3.05) is 12.4 Å². The fourth-order valence-corrected chi connectivity index (χ4v) is 3.23. The molecule has 0 aliphatic rings. The molecule has 8 nitrogen and oxygen atoms in total. The van der Waals surface area contributed by atoms with Crippen LogP contribution in [0.15, 0.2) is 55.0 Å². The van der Waals surface area contributed by atoms with E-state index in [1.165, 1.54) is 31.8 Å². The number of rotatable bonds is 6. The third-order valence-corrected chi connectivity index (χ3v) is 4.74. The van der Waals surface area contributed by atoms with E-state index in [-0.39, 0.29) is 28.8 Å². The molecule has 0 amide bonds. The maximum Gasteiger partial charge on any atom is 0.573 e. The van der Waals surface area contributed by atoms with E-state index < -0.39 is 12.1 Å². The molecule has 4 aromatic rings. The zero-order valence-corrected chi connectivity index (χ0v) is 17.0. The summed E-state index contributed by atoms with van der Waals surface area (Å²) in [5.74, 6) is 0.178. The molecule has 0 bridgehead atoms. The Morgan fingerprint density at radius 3 is 2.66 bits per heavy atom. The summed E-state index contributed by atoms with van der Waals surface area (Å²) >= 11 is 0. The Hall–Kier alpha value is -4.02. The van der Waals surface area contributed by atoms with Crippen LogP contribution in [0.25, 0.3) is 16.8 Å². The minimum atomic E-state index is -4.90. The maximum atomic E-state index is 13.0. The summed E-state index contributed by atoms with van der Waals surface area (Å²) < 4.78 is 49.7. The number of ether oxygens (including phenoxy) is 2. The summed E-state index contributed by atoms with van der Waals surface area (Å²) in [7, 11) is 1.34. The number of hydrogen-bond acceptors (Lipinski definition) is 7. The first-order chi connectivity index (χ1) is 15.2. The molecule has 0 unspecified atom stereocenters. The second-order valence-corrected chi connectivity index (χ2v) is 6.89. The van der Waals surface area contributed by atoms with Crippen LogP contribution in [0.1, 0.15) is 18.5 Å². The standard InChI is InChI=1S/C21H18F3N5O3/c1-12(13-4-3-5-14(30)8-13)26-20-28-27-19(17-10-25-11-29(17)20)16-7-6-15(31-2)9-18(16)32-21(22,23)24/h3-12,30H,1-2H3,(H,26,28)/t12-/m0/s1. The summed E-state index contributed by atoms with van der Waals surface area (Å²) in [5.41, 5.74) is 1.46. The summed E-state index contributed by atoms with van der Waals surface area (Å²) in [6.45, 7) is 1.87. The zero-order valence-electron chi connectivity index (χ0n) is 17.0. The molecule has 0 fully saturated rings. The van der Waals surface area contributed by atoms with E-state index in [9.17, 15) is 18.3 Å². The van der Waals surface area contributed by atoms with E-state index in [0.29, 0.717) is 11.5 Å². The highest BCUT2D eigenvalue weighted by Gasteiger charge is 2.33. The molecule has 0 aliphatic heterocycles. The van der Waals surface area contributed by atoms with Gasteiger partial charge in [0.25, 0.3) is 0 Å². The van der Waals surface area contributed by atoms with Crippen LogP contribution in [0.4, 0.5) is 19.1 Å². The highest BCUT2D eigenvalue weighted by molar-refractivity contribution is 5.81. The van der Waals surface area contributed by atoms with Crippen LogP contribution in [0.5, 0.6) is 17.2 Å². The van der Waals surface area contributed by atoms with Crippen LogP contribution in [0.3, 0.4) is 0 Å². The van der Waals surface area contributed by atoms with Crippen molar-refractivity contribution in [3.63, 3.8) is 0 Å². The van der Waals surface area contributed by atoms with Crippen molar-refractivity contribution >= 4 is 11.5 Å². The molecule has 2 aromatic carbocycles. The van der Waals surface area contributed by atoms with Gasteiger partial charge in [0.1, 0.15) is 29.3 Å². The third-order valence-electron chi connectivity index (χ3n) is 4.74. The van der Waals surface area contributed by atoms with Crippen LogP contribution >= 0.6 is 0 Å². The number of alkyl halides is 3. The van der Waals surface area contributed by atoms with Gasteiger partial charge in [0.2, 0.25) is 5.95 Å². The number of aromatic hydroxyl groups is 1. The summed E-state index contributed by atoms with van der Waals surface area (Å²) in [5, 5.41) is 21.2. The van der Waals surface area contributed by atoms with Crippen LogP contribution in [0.2, 0.25) is 0 Å². The summed E-state index contributed by atoms with van der Waals surface area (Å²) in [6, 6.07) is 10.5. The van der Waals surface area contributed by atoms with Crippen molar-refractivity contribution in [2.45, 2.75) is 19.3 Å². The van der Waals surface area contributed by atoms with Crippen LogP contribution in [0, 0.1) is 0 Å². The Morgan fingerprint density at radius 1 is 1.12 bits per heavy atom. The molecule has 166 valence electrons. The molecular formula is C21H18F3N5O3. The predicted molar refractivity (Wildman–Crippen MR) is 110 cm³/mol. The largest absolute Gasteiger partial charge is 0.573 e. The van der Waals surface area contributed by atoms with Crippen molar-refractivity contribution in [3.05, 3.63) is 60.6 Å². The third kappa shape index (κ3) is 4.36. The van der Waals surface area contributed by atoms with Gasteiger partial charge >= 0.3 is 6.36 Å². The van der Waals surface area contributed by atoms with Crippen LogP contribution in [-0.4, -0.2) is 38.2 Å². The molecule has 1 atom stereocenters. The van der Waals surface area contributed by atoms with Gasteiger partial charge in [-0.1, -0.05) is 12.1 Å². The molecular weight excluding hydrogens is 427 g/mol. The Labute approximate surface area is 180 Å². The number of benzene rings is 2. The maximum absolute atomic E-state index is 13.0. The summed E-state index contributed by atoms with van der Waals surface area (Å²) in [6.07, 6.45) is -1.96. The molecule has 0 radical (unpaired) electrons. The molecule has 2 heterocycles. The minimum Gasteiger partial charge on any atom is -0.508 e. The van der Waals surface area contributed by atoms with Gasteiger partial charge in [0.15, 0.2) is 0 Å². The number of methoxy groups -OCH3 is 1. The number of aromatic nitrogens is 4. The number of phenols is 1. The van der Waals surface area contributed by atoms with E-state index in [0.717, 1.165) is 11.6 Å². The number of nitrogens with one attached hydrogen (secondary N) is 1. The predicted octanol–water partition coefficient (Wildman–Crippen LogP) is 4.58. The molecule has 2 N–H and O–H groups in total. The SMILES string of the molecule is COc1ccc(-c2nnc(N[C@@H](C)c3cccc(O)c3)n3cncc23)c(OC(F)(F)F)c1. The normalized spacial score (nSPS) is 12.5. The lowest BCUT2D eigenvalue weighted by Crippen LogP contribution is -2.18. The van der Waals surface area contributed by atoms with Crippen LogP contribution < -0.4 is 14.8 Å². The number of imidazole rings is 1. The Balaban J connectivity index is 1.75. The Kier molecular flexibility index (Phi) is 5.47. The number of halogens is 3. The van der Waals surface area contributed by atoms with Gasteiger partial charge in [0, 0.05) is 11.6 Å². The van der Waals surface area contributed by atoms with Crippen molar-refractivity contribution in [2.24, 2.45) is 0 Å². The van der Waals surface area contributed by atoms with E-state index in [4.69, 9.17) is 4.74 Å². The number of hydrogen-bond donors (Lipinski definition) is 2. The topological polar surface area (TPSA) is 93.8 Å². The monoisotopic (exact) mass is 445 g/mol. The molecule has 0 saturated carbocycles. The molecule has 0 spiro atoms. The zero-order chi connectivity index (χ0) is 22.9. The fraction of sp³-hybridized carbons (Fsp3) is 0.190. The minimum absolute atomic E-state index is 0.0775. The van der Waals surface area contributed by atoms with Crippen molar-refractivity contribution in [1.82, 2.24) is 19.6 Å². The lowest BCUT2D eigenvalue weighted by Gasteiger charge is -2.17. The highest BCUT2D eigenvalue weighted by atomic mass is 19.4.